The van der Waals surface area contributed by atoms with Crippen molar-refractivity contribution in [3.05, 3.63) is 5.01 Å². The molecule has 1 aromatic rings. The molecular formula is C12H20N4O2S. The minimum atomic E-state index is -0.0693. The van der Waals surface area contributed by atoms with Crippen LogP contribution in [0, 0.1) is 5.92 Å². The van der Waals surface area contributed by atoms with Crippen LogP contribution < -0.4 is 5.32 Å². The number of nitrogens with one attached hydrogen (secondary N) is 1. The van der Waals surface area contributed by atoms with Gasteiger partial charge in [-0.15, -0.1) is 10.2 Å². The number of nitrogens with zero attached hydrogens (tertiary/aromatic N) is 3. The monoisotopic (exact) mass is 284 g/mol. The number of hydrogen-bond acceptors (Lipinski definition) is 6. The zero-order chi connectivity index (χ0) is 13.7. The first-order chi connectivity index (χ1) is 9.24. The number of likely N-dealkylation sites (tertiary alicyclic amines) is 1. The fraction of sp³-hybridized carbons (Fsp3) is 0.750. The molecule has 7 heteroatoms. The Morgan fingerprint density at radius 1 is 1.58 bits per heavy atom. The van der Waals surface area contributed by atoms with E-state index in [1.165, 1.54) is 11.3 Å². The van der Waals surface area contributed by atoms with E-state index in [1.807, 2.05) is 0 Å². The Hall–Kier alpha value is -1.21. The lowest BCUT2D eigenvalue weighted by molar-refractivity contribution is 0.0619. The van der Waals surface area contributed by atoms with E-state index >= 15 is 0 Å². The second kappa shape index (κ2) is 6.81. The molecule has 0 aliphatic carbocycles. The highest BCUT2D eigenvalue weighted by atomic mass is 32.1. The molecule has 2 rings (SSSR count). The summed E-state index contributed by atoms with van der Waals surface area (Å²) in [5.74, 6) is 0.128. The molecule has 2 heterocycles. The lowest BCUT2D eigenvalue weighted by atomic mass is 9.99. The number of hydrogen-bond donors (Lipinski definition) is 2. The SMILES string of the molecule is CCCNc1nnc(C(=O)N2CCCC(CO)C2)s1. The lowest BCUT2D eigenvalue weighted by Crippen LogP contribution is -2.40. The van der Waals surface area contributed by atoms with Gasteiger partial charge in [0, 0.05) is 26.2 Å². The van der Waals surface area contributed by atoms with Gasteiger partial charge in [0.2, 0.25) is 10.1 Å². The molecule has 1 saturated heterocycles. The Morgan fingerprint density at radius 3 is 3.16 bits per heavy atom. The molecule has 0 saturated carbocycles. The van der Waals surface area contributed by atoms with E-state index in [-0.39, 0.29) is 18.4 Å². The topological polar surface area (TPSA) is 78.4 Å². The molecular weight excluding hydrogens is 264 g/mol. The van der Waals surface area contributed by atoms with E-state index in [0.717, 1.165) is 32.4 Å². The smallest absolute Gasteiger partial charge is 0.284 e. The molecule has 0 aromatic carbocycles. The van der Waals surface area contributed by atoms with Gasteiger partial charge in [0.05, 0.1) is 0 Å². The number of carbonyl (C=O) groups excluding carboxylic acids is 1. The molecule has 0 bridgehead atoms. The van der Waals surface area contributed by atoms with Crippen LogP contribution in [0.15, 0.2) is 0 Å². The molecule has 6 nitrogen and oxygen atoms in total. The molecule has 106 valence electrons. The average Bonchev–Trinajstić information content (AvgIpc) is 2.93. The highest BCUT2D eigenvalue weighted by molar-refractivity contribution is 7.17. The Balaban J connectivity index is 1.96. The van der Waals surface area contributed by atoms with Crippen LogP contribution in [0.25, 0.3) is 0 Å². The highest BCUT2D eigenvalue weighted by Gasteiger charge is 2.26. The predicted molar refractivity (Wildman–Crippen MR) is 74.4 cm³/mol. The van der Waals surface area contributed by atoms with Crippen molar-refractivity contribution in [1.82, 2.24) is 15.1 Å². The standard InChI is InChI=1S/C12H20N4O2S/c1-2-5-13-12-15-14-10(19-12)11(18)16-6-3-4-9(7-16)8-17/h9,17H,2-8H2,1H3,(H,13,15). The molecule has 1 atom stereocenters. The van der Waals surface area contributed by atoms with E-state index in [2.05, 4.69) is 22.4 Å². The van der Waals surface area contributed by atoms with Crippen molar-refractivity contribution in [2.45, 2.75) is 26.2 Å². The summed E-state index contributed by atoms with van der Waals surface area (Å²) in [5.41, 5.74) is 0. The second-order valence-electron chi connectivity index (χ2n) is 4.78. The van der Waals surface area contributed by atoms with E-state index in [4.69, 9.17) is 0 Å². The Morgan fingerprint density at radius 2 is 2.42 bits per heavy atom. The van der Waals surface area contributed by atoms with Crippen molar-refractivity contribution in [3.63, 3.8) is 0 Å². The molecule has 1 fully saturated rings. The number of aliphatic hydroxyl groups is 1. The zero-order valence-electron chi connectivity index (χ0n) is 11.1. The normalized spacial score (nSPS) is 19.5. The van der Waals surface area contributed by atoms with Gasteiger partial charge in [-0.1, -0.05) is 18.3 Å². The fourth-order valence-electron chi connectivity index (χ4n) is 2.15. The summed E-state index contributed by atoms with van der Waals surface area (Å²) >= 11 is 1.30. The number of carbonyl (C=O) groups is 1. The maximum Gasteiger partial charge on any atom is 0.284 e. The van der Waals surface area contributed by atoms with Crippen LogP contribution in [0.1, 0.15) is 36.0 Å². The number of amides is 1. The summed E-state index contributed by atoms with van der Waals surface area (Å²) in [4.78, 5) is 14.0. The van der Waals surface area contributed by atoms with Gasteiger partial charge in [0.15, 0.2) is 0 Å². The van der Waals surface area contributed by atoms with Crippen molar-refractivity contribution in [1.29, 1.82) is 0 Å². The first-order valence-corrected chi connectivity index (χ1v) is 7.53. The Labute approximate surface area is 116 Å². The van der Waals surface area contributed by atoms with Crippen LogP contribution in [0.2, 0.25) is 0 Å². The third kappa shape index (κ3) is 3.63. The maximum absolute atomic E-state index is 12.3. The first kappa shape index (κ1) is 14.2. The summed E-state index contributed by atoms with van der Waals surface area (Å²) in [6.07, 6.45) is 2.93. The number of aliphatic hydroxyl groups excluding tert-OH is 1. The predicted octanol–water partition coefficient (Wildman–Crippen LogP) is 1.20. The van der Waals surface area contributed by atoms with Crippen LogP contribution in [0.5, 0.6) is 0 Å². The highest BCUT2D eigenvalue weighted by Crippen LogP contribution is 2.21. The number of rotatable bonds is 5. The summed E-state index contributed by atoms with van der Waals surface area (Å²) in [5, 5.41) is 21.4. The summed E-state index contributed by atoms with van der Waals surface area (Å²) in [6, 6.07) is 0. The Bertz CT molecular complexity index is 424. The van der Waals surface area contributed by atoms with Gasteiger partial charge in [-0.25, -0.2) is 0 Å². The summed E-state index contributed by atoms with van der Waals surface area (Å²) in [6.45, 7) is 4.41. The van der Waals surface area contributed by atoms with Gasteiger partial charge in [-0.2, -0.15) is 0 Å². The van der Waals surface area contributed by atoms with Crippen molar-refractivity contribution in [2.24, 2.45) is 5.92 Å². The fourth-order valence-corrected chi connectivity index (χ4v) is 2.88. The maximum atomic E-state index is 12.3. The van der Waals surface area contributed by atoms with Crippen LogP contribution in [-0.2, 0) is 0 Å². The van der Waals surface area contributed by atoms with Crippen LogP contribution >= 0.6 is 11.3 Å². The van der Waals surface area contributed by atoms with Gasteiger partial charge >= 0.3 is 0 Å². The van der Waals surface area contributed by atoms with Gasteiger partial charge in [-0.3, -0.25) is 4.79 Å². The van der Waals surface area contributed by atoms with E-state index in [9.17, 15) is 9.90 Å². The molecule has 2 N–H and O–H groups in total. The minimum Gasteiger partial charge on any atom is -0.396 e. The number of anilines is 1. The molecule has 0 spiro atoms. The third-order valence-electron chi connectivity index (χ3n) is 3.20. The zero-order valence-corrected chi connectivity index (χ0v) is 11.9. The third-order valence-corrected chi connectivity index (χ3v) is 4.07. The minimum absolute atomic E-state index is 0.0693. The van der Waals surface area contributed by atoms with E-state index < -0.39 is 0 Å². The lowest BCUT2D eigenvalue weighted by Gasteiger charge is -2.31. The molecule has 19 heavy (non-hydrogen) atoms. The molecule has 1 unspecified atom stereocenters. The summed E-state index contributed by atoms with van der Waals surface area (Å²) < 4.78 is 0. The van der Waals surface area contributed by atoms with Crippen molar-refractivity contribution in [3.8, 4) is 0 Å². The number of piperidine rings is 1. The van der Waals surface area contributed by atoms with Crippen molar-refractivity contribution in [2.75, 3.05) is 31.6 Å². The first-order valence-electron chi connectivity index (χ1n) is 6.72. The van der Waals surface area contributed by atoms with Gasteiger partial charge in [0.1, 0.15) is 0 Å². The largest absolute Gasteiger partial charge is 0.396 e. The van der Waals surface area contributed by atoms with Gasteiger partial charge in [-0.05, 0) is 25.2 Å². The van der Waals surface area contributed by atoms with Gasteiger partial charge in [0.25, 0.3) is 5.91 Å². The van der Waals surface area contributed by atoms with Crippen LogP contribution in [0.3, 0.4) is 0 Å². The Kier molecular flexibility index (Phi) is 5.09. The van der Waals surface area contributed by atoms with Crippen molar-refractivity contribution < 1.29 is 9.90 Å². The molecule has 1 aromatic heterocycles. The quantitative estimate of drug-likeness (QED) is 0.849. The summed E-state index contributed by atoms with van der Waals surface area (Å²) in [7, 11) is 0. The molecule has 0 radical (unpaired) electrons. The van der Waals surface area contributed by atoms with Crippen LogP contribution in [0.4, 0.5) is 5.13 Å². The van der Waals surface area contributed by atoms with E-state index in [1.54, 1.807) is 4.90 Å². The molecule has 1 aliphatic rings. The second-order valence-corrected chi connectivity index (χ2v) is 5.76. The van der Waals surface area contributed by atoms with Crippen molar-refractivity contribution >= 4 is 22.4 Å². The van der Waals surface area contributed by atoms with Gasteiger partial charge < -0.3 is 15.3 Å². The molecule has 1 aliphatic heterocycles. The van der Waals surface area contributed by atoms with E-state index in [0.29, 0.717) is 16.7 Å². The number of aromatic nitrogens is 2. The molecule has 1 amide bonds. The van der Waals surface area contributed by atoms with Crippen LogP contribution in [-0.4, -0.2) is 52.4 Å². The average molecular weight is 284 g/mol.